The van der Waals surface area contributed by atoms with Gasteiger partial charge in [-0.1, -0.05) is 29.8 Å². The van der Waals surface area contributed by atoms with Crippen LogP contribution in [0.15, 0.2) is 65.7 Å². The Morgan fingerprint density at radius 2 is 1.46 bits per heavy atom. The van der Waals surface area contributed by atoms with Crippen LogP contribution in [-0.4, -0.2) is 148 Å². The van der Waals surface area contributed by atoms with Crippen LogP contribution >= 0.6 is 11.6 Å². The number of amides is 4. The molecule has 0 aliphatic carbocycles. The first-order valence-electron chi connectivity index (χ1n) is 24.4. The number of nitrogens with zero attached hydrogens (tertiary/aromatic N) is 4. The number of rotatable bonds is 26. The number of imide groups is 2. The number of anilines is 5. The molecule has 4 amide bonds. The van der Waals surface area contributed by atoms with Gasteiger partial charge in [-0.2, -0.15) is 4.98 Å². The molecule has 0 bridgehead atoms. The fraction of sp³-hybridized carbons (Fsp3) is 0.490. The van der Waals surface area contributed by atoms with Gasteiger partial charge in [0, 0.05) is 25.2 Å². The minimum absolute atomic E-state index is 0.0584. The van der Waals surface area contributed by atoms with Gasteiger partial charge in [0.1, 0.15) is 16.8 Å². The Morgan fingerprint density at radius 3 is 2.14 bits per heavy atom. The van der Waals surface area contributed by atoms with Gasteiger partial charge >= 0.3 is 0 Å². The van der Waals surface area contributed by atoms with Crippen molar-refractivity contribution in [3.05, 3.63) is 88.1 Å². The fourth-order valence-electron chi connectivity index (χ4n) is 8.77. The summed E-state index contributed by atoms with van der Waals surface area (Å²) in [6.07, 6.45) is 3.54. The molecule has 0 spiro atoms. The molecule has 1 unspecified atom stereocenters. The van der Waals surface area contributed by atoms with Gasteiger partial charge in [-0.25, -0.2) is 13.4 Å². The molecule has 4 N–H and O–H groups in total. The lowest BCUT2D eigenvalue weighted by Gasteiger charge is -2.33. The number of hydrogen-bond donors (Lipinski definition) is 4. The number of likely N-dealkylation sites (tertiary alicyclic amines) is 1. The van der Waals surface area contributed by atoms with Crippen LogP contribution in [0.3, 0.4) is 0 Å². The number of ether oxygens (including phenoxy) is 5. The third kappa shape index (κ3) is 13.6. The van der Waals surface area contributed by atoms with Gasteiger partial charge in [-0.15, -0.1) is 0 Å². The van der Waals surface area contributed by atoms with Crippen LogP contribution in [0.5, 0.6) is 5.75 Å². The largest absolute Gasteiger partial charge is 0.489 e. The summed E-state index contributed by atoms with van der Waals surface area (Å²) in [6, 6.07) is 14.8. The number of benzene rings is 3. The smallest absolute Gasteiger partial charge is 0.264 e. The number of hydrogen-bond acceptors (Lipinski definition) is 17. The van der Waals surface area contributed by atoms with Crippen molar-refractivity contribution >= 4 is 73.9 Å². The summed E-state index contributed by atoms with van der Waals surface area (Å²) in [7, 11) is -3.58. The second-order valence-corrected chi connectivity index (χ2v) is 21.1. The molecular formula is C51H65ClN8O11S. The molecule has 1 atom stereocenters. The van der Waals surface area contributed by atoms with Gasteiger partial charge in [0.25, 0.3) is 11.8 Å². The zero-order chi connectivity index (χ0) is 51.4. The Balaban J connectivity index is 0.757. The number of carbonyl (C=O) groups is 4. The molecule has 388 valence electrons. The van der Waals surface area contributed by atoms with E-state index in [1.54, 1.807) is 56.3 Å². The molecule has 0 saturated carbocycles. The first-order valence-corrected chi connectivity index (χ1v) is 26.4. The SMILES string of the molecule is Cc1cc(Nc2ncc(Cl)c(Nc3ccccc3S(=O)(=O)C(C)C)n2)c(OC(C)C)cc1C1CCN(CCOCCOCCOCCOCCNc2cccc3c2C(=O)N(C2CCC(=O)NC2=O)C3=O)CC1. The third-order valence-corrected chi connectivity index (χ3v) is 15.0. The molecule has 2 fully saturated rings. The van der Waals surface area contributed by atoms with Gasteiger partial charge in [-0.3, -0.25) is 29.4 Å². The first-order chi connectivity index (χ1) is 34.6. The molecule has 1 aromatic heterocycles. The van der Waals surface area contributed by atoms with Crippen LogP contribution in [0.1, 0.15) is 91.1 Å². The van der Waals surface area contributed by atoms with E-state index in [9.17, 15) is 27.6 Å². The standard InChI is InChI=1S/C51H65ClN8O11S/c1-32(2)71-43-30-37(34(5)29-41(43)56-51-54-31-38(52)47(58-51)55-39-10-6-7-12-44(39)72(65,66)33(3)4)35-15-18-59(19-16-35)20-22-68-24-26-70-28-27-69-25-23-67-21-17-53-40-11-8-9-36-46(40)50(64)60(49(36)63)42-13-14-45(61)57-48(42)62/h6-12,29-33,35,42,53H,13-28H2,1-5H3,(H,57,61,62)(H2,54,55,56,58). The summed E-state index contributed by atoms with van der Waals surface area (Å²) < 4.78 is 55.3. The zero-order valence-corrected chi connectivity index (χ0v) is 43.0. The van der Waals surface area contributed by atoms with E-state index in [4.69, 9.17) is 35.3 Å². The maximum atomic E-state index is 13.3. The van der Waals surface area contributed by atoms with Crippen molar-refractivity contribution in [2.24, 2.45) is 0 Å². The van der Waals surface area contributed by atoms with Crippen LogP contribution in [0.2, 0.25) is 5.02 Å². The van der Waals surface area contributed by atoms with Crippen LogP contribution in [0.25, 0.3) is 0 Å². The Hall–Kier alpha value is -5.74. The van der Waals surface area contributed by atoms with E-state index < -0.39 is 44.8 Å². The quantitative estimate of drug-likeness (QED) is 0.0381. The maximum absolute atomic E-state index is 13.3. The van der Waals surface area contributed by atoms with E-state index in [1.165, 1.54) is 11.8 Å². The molecule has 4 heterocycles. The predicted molar refractivity (Wildman–Crippen MR) is 273 cm³/mol. The Bertz CT molecular complexity index is 2680. The third-order valence-electron chi connectivity index (χ3n) is 12.5. The van der Waals surface area contributed by atoms with Crippen molar-refractivity contribution < 1.29 is 51.3 Å². The topological polar surface area (TPSA) is 229 Å². The Morgan fingerprint density at radius 1 is 0.792 bits per heavy atom. The van der Waals surface area contributed by atoms with Crippen LogP contribution in [0.4, 0.5) is 28.8 Å². The summed E-state index contributed by atoms with van der Waals surface area (Å²) in [6.45, 7) is 15.9. The minimum Gasteiger partial charge on any atom is -0.489 e. The molecule has 3 aromatic carbocycles. The lowest BCUT2D eigenvalue weighted by Crippen LogP contribution is -2.54. The number of nitrogens with one attached hydrogen (secondary N) is 4. The highest BCUT2D eigenvalue weighted by atomic mass is 35.5. The van der Waals surface area contributed by atoms with E-state index >= 15 is 0 Å². The molecule has 21 heteroatoms. The van der Waals surface area contributed by atoms with E-state index in [1.807, 2.05) is 13.8 Å². The zero-order valence-electron chi connectivity index (χ0n) is 41.5. The molecule has 19 nitrogen and oxygen atoms in total. The molecule has 0 radical (unpaired) electrons. The highest BCUT2D eigenvalue weighted by molar-refractivity contribution is 7.92. The second kappa shape index (κ2) is 25.3. The number of sulfone groups is 1. The number of aryl methyl sites for hydroxylation is 1. The Kier molecular flexibility index (Phi) is 19.0. The summed E-state index contributed by atoms with van der Waals surface area (Å²) in [5.74, 6) is -0.609. The molecule has 3 aliphatic heterocycles. The van der Waals surface area contributed by atoms with Crippen molar-refractivity contribution in [3.8, 4) is 5.75 Å². The maximum Gasteiger partial charge on any atom is 0.264 e. The van der Waals surface area contributed by atoms with E-state index in [2.05, 4.69) is 55.2 Å². The lowest BCUT2D eigenvalue weighted by molar-refractivity contribution is -0.136. The first kappa shape index (κ1) is 54.0. The van der Waals surface area contributed by atoms with Crippen LogP contribution in [-0.2, 0) is 38.4 Å². The predicted octanol–water partition coefficient (Wildman–Crippen LogP) is 6.65. The van der Waals surface area contributed by atoms with Crippen molar-refractivity contribution in [1.29, 1.82) is 0 Å². The summed E-state index contributed by atoms with van der Waals surface area (Å²) >= 11 is 6.51. The Labute approximate surface area is 425 Å². The number of piperidine rings is 2. The highest BCUT2D eigenvalue weighted by Crippen LogP contribution is 2.39. The van der Waals surface area contributed by atoms with Gasteiger partial charge in [0.15, 0.2) is 15.7 Å². The van der Waals surface area contributed by atoms with Crippen LogP contribution < -0.4 is 26.0 Å². The van der Waals surface area contributed by atoms with Gasteiger partial charge in [0.05, 0.1) is 97.8 Å². The molecule has 4 aromatic rings. The van der Waals surface area contributed by atoms with Crippen LogP contribution in [0, 0.1) is 6.92 Å². The average Bonchev–Trinajstić information content (AvgIpc) is 3.60. The van der Waals surface area contributed by atoms with E-state index in [0.717, 1.165) is 42.9 Å². The van der Waals surface area contributed by atoms with Crippen molar-refractivity contribution in [1.82, 2.24) is 25.1 Å². The van der Waals surface area contributed by atoms with Crippen molar-refractivity contribution in [2.45, 2.75) is 88.5 Å². The molecule has 2 saturated heterocycles. The second-order valence-electron chi connectivity index (χ2n) is 18.3. The summed E-state index contributed by atoms with van der Waals surface area (Å²) in [5, 5.41) is 11.4. The lowest BCUT2D eigenvalue weighted by atomic mass is 9.86. The van der Waals surface area contributed by atoms with E-state index in [-0.39, 0.29) is 51.8 Å². The number of para-hydroxylation sites is 1. The normalized spacial score (nSPS) is 16.7. The highest BCUT2D eigenvalue weighted by Gasteiger charge is 2.45. The van der Waals surface area contributed by atoms with Gasteiger partial charge in [0.2, 0.25) is 17.8 Å². The molecule has 3 aliphatic rings. The molecule has 7 rings (SSSR count). The monoisotopic (exact) mass is 1030 g/mol. The molecular weight excluding hydrogens is 968 g/mol. The number of halogens is 1. The van der Waals surface area contributed by atoms with Crippen molar-refractivity contribution in [2.75, 3.05) is 95.0 Å². The number of carbonyl (C=O) groups excluding carboxylic acids is 4. The summed E-state index contributed by atoms with van der Waals surface area (Å²) in [5.41, 5.74) is 4.34. The minimum atomic E-state index is -3.58. The number of aromatic nitrogens is 2. The molecule has 72 heavy (non-hydrogen) atoms. The van der Waals surface area contributed by atoms with Gasteiger partial charge in [-0.05, 0) is 120 Å². The average molecular weight is 1030 g/mol. The van der Waals surface area contributed by atoms with Crippen molar-refractivity contribution in [3.63, 3.8) is 0 Å². The summed E-state index contributed by atoms with van der Waals surface area (Å²) in [4.78, 5) is 62.9. The van der Waals surface area contributed by atoms with E-state index in [0.29, 0.717) is 88.1 Å². The number of fused-ring (bicyclic) bond motifs is 1. The van der Waals surface area contributed by atoms with Gasteiger partial charge < -0.3 is 44.5 Å². The fourth-order valence-corrected chi connectivity index (χ4v) is 10.1.